The maximum atomic E-state index is 9.24. The molecule has 5 rings (SSSR count). The van der Waals surface area contributed by atoms with Gasteiger partial charge in [-0.3, -0.25) is 9.98 Å². The summed E-state index contributed by atoms with van der Waals surface area (Å²) in [5, 5.41) is 18.4. The Morgan fingerprint density at radius 3 is 1.91 bits per heavy atom. The molecule has 0 bridgehead atoms. The van der Waals surface area contributed by atoms with Crippen LogP contribution in [0.25, 0.3) is 0 Å². The SMILES string of the molecule is [B]CN=C(C#Cc1ccccc1C#C)c1ccccc1C#N.[B]CN=C(N=C1C#Cc2ccccc21)c1ccccc1C#N. The van der Waals surface area contributed by atoms with Crippen molar-refractivity contribution in [2.24, 2.45) is 15.0 Å². The topological polar surface area (TPSA) is 84.7 Å². The lowest BCUT2D eigenvalue weighted by atomic mass is 10.0. The highest BCUT2D eigenvalue weighted by atomic mass is 14.9. The molecule has 5 nitrogen and oxygen atoms in total. The van der Waals surface area contributed by atoms with Gasteiger partial charge in [0, 0.05) is 46.3 Å². The minimum absolute atomic E-state index is 0.0978. The third-order valence-corrected chi connectivity index (χ3v) is 6.20. The molecule has 44 heavy (non-hydrogen) atoms. The zero-order chi connectivity index (χ0) is 31.1. The fourth-order valence-electron chi connectivity index (χ4n) is 4.14. The number of amidine groups is 1. The van der Waals surface area contributed by atoms with Crippen LogP contribution in [0.3, 0.4) is 0 Å². The smallest absolute Gasteiger partial charge is 0.156 e. The van der Waals surface area contributed by atoms with Gasteiger partial charge in [-0.05, 0) is 48.2 Å². The minimum Gasteiger partial charge on any atom is -0.285 e. The molecule has 0 heterocycles. The van der Waals surface area contributed by atoms with Crippen LogP contribution in [0.5, 0.6) is 0 Å². The Hall–Kier alpha value is -6.32. The lowest BCUT2D eigenvalue weighted by molar-refractivity contribution is 1.32. The summed E-state index contributed by atoms with van der Waals surface area (Å²) >= 11 is 0. The van der Waals surface area contributed by atoms with Crippen molar-refractivity contribution in [3.05, 3.63) is 142 Å². The maximum absolute atomic E-state index is 9.24. The van der Waals surface area contributed by atoms with Crippen molar-refractivity contribution in [3.8, 4) is 48.2 Å². The highest BCUT2D eigenvalue weighted by Crippen LogP contribution is 2.16. The summed E-state index contributed by atoms with van der Waals surface area (Å²) in [4.78, 5) is 13.0. The van der Waals surface area contributed by atoms with E-state index in [1.54, 1.807) is 30.3 Å². The monoisotopic (exact) mass is 557 g/mol. The van der Waals surface area contributed by atoms with Crippen molar-refractivity contribution in [1.29, 1.82) is 10.5 Å². The van der Waals surface area contributed by atoms with E-state index in [-0.39, 0.29) is 12.9 Å². The van der Waals surface area contributed by atoms with Crippen LogP contribution >= 0.6 is 0 Å². The molecule has 0 saturated carbocycles. The second-order valence-corrected chi connectivity index (χ2v) is 8.86. The van der Waals surface area contributed by atoms with Crippen molar-refractivity contribution in [2.45, 2.75) is 0 Å². The van der Waals surface area contributed by atoms with Gasteiger partial charge in [0.1, 0.15) is 11.4 Å². The van der Waals surface area contributed by atoms with E-state index in [1.165, 1.54) is 0 Å². The molecule has 0 amide bonds. The Balaban J connectivity index is 0.000000201. The molecule has 0 spiro atoms. The van der Waals surface area contributed by atoms with Gasteiger partial charge >= 0.3 is 0 Å². The molecular formula is C37H21B2N5. The average Bonchev–Trinajstić information content (AvgIpc) is 3.49. The number of terminal acetylenes is 1. The number of benzene rings is 4. The number of hydrogen-bond donors (Lipinski definition) is 0. The van der Waals surface area contributed by atoms with E-state index in [9.17, 15) is 10.5 Å². The zero-order valence-corrected chi connectivity index (χ0v) is 23.6. The van der Waals surface area contributed by atoms with Gasteiger partial charge in [-0.15, -0.1) is 6.42 Å². The van der Waals surface area contributed by atoms with E-state index in [0.29, 0.717) is 39.5 Å². The molecule has 0 aliphatic heterocycles. The van der Waals surface area contributed by atoms with Crippen LogP contribution in [0.2, 0.25) is 0 Å². The highest BCUT2D eigenvalue weighted by molar-refractivity contribution is 6.23. The maximum Gasteiger partial charge on any atom is 0.156 e. The molecule has 0 atom stereocenters. The van der Waals surface area contributed by atoms with Crippen LogP contribution in [0.1, 0.15) is 44.5 Å². The second-order valence-electron chi connectivity index (χ2n) is 8.86. The third kappa shape index (κ3) is 7.49. The first-order valence-corrected chi connectivity index (χ1v) is 13.4. The van der Waals surface area contributed by atoms with Gasteiger partial charge in [-0.25, -0.2) is 4.99 Å². The molecule has 1 aliphatic rings. The predicted octanol–water partition coefficient (Wildman–Crippen LogP) is 4.79. The lowest BCUT2D eigenvalue weighted by Crippen LogP contribution is -2.07. The lowest BCUT2D eigenvalue weighted by Gasteiger charge is -2.05. The van der Waals surface area contributed by atoms with Crippen LogP contribution in [0.4, 0.5) is 0 Å². The molecule has 4 aromatic carbocycles. The van der Waals surface area contributed by atoms with E-state index < -0.39 is 0 Å². The molecule has 0 aromatic heterocycles. The Labute approximate surface area is 260 Å². The summed E-state index contributed by atoms with van der Waals surface area (Å²) in [7, 11) is 11.1. The second kappa shape index (κ2) is 15.6. The Bertz CT molecular complexity index is 2050. The first-order chi connectivity index (χ1) is 21.6. The molecule has 1 aliphatic carbocycles. The number of aliphatic imine (C=N–C) groups is 3. The minimum atomic E-state index is 0.0978. The molecular weight excluding hydrogens is 536 g/mol. The van der Waals surface area contributed by atoms with Crippen molar-refractivity contribution < 1.29 is 0 Å². The van der Waals surface area contributed by atoms with Crippen LogP contribution in [-0.4, -0.2) is 45.8 Å². The summed E-state index contributed by atoms with van der Waals surface area (Å²) in [5.74, 6) is 15.1. The van der Waals surface area contributed by atoms with Crippen LogP contribution in [0, 0.1) is 58.7 Å². The van der Waals surface area contributed by atoms with E-state index in [1.807, 2.05) is 66.7 Å². The average molecular weight is 557 g/mol. The van der Waals surface area contributed by atoms with Gasteiger partial charge in [0.15, 0.2) is 5.84 Å². The molecule has 0 unspecified atom stereocenters. The quantitative estimate of drug-likeness (QED) is 0.157. The molecule has 7 heteroatoms. The molecule has 0 fully saturated rings. The number of fused-ring (bicyclic) bond motifs is 1. The van der Waals surface area contributed by atoms with E-state index >= 15 is 0 Å². The van der Waals surface area contributed by atoms with Gasteiger partial charge in [0.2, 0.25) is 0 Å². The van der Waals surface area contributed by atoms with E-state index in [2.05, 4.69) is 56.7 Å². The molecule has 0 N–H and O–H groups in total. The summed E-state index contributed by atoms with van der Waals surface area (Å²) in [6.45, 7) is 0. The van der Waals surface area contributed by atoms with E-state index in [0.717, 1.165) is 22.3 Å². The summed E-state index contributed by atoms with van der Waals surface area (Å²) in [5.41, 5.74) is 6.83. The predicted molar refractivity (Wildman–Crippen MR) is 178 cm³/mol. The van der Waals surface area contributed by atoms with Crippen LogP contribution in [-0.2, 0) is 0 Å². The van der Waals surface area contributed by atoms with Gasteiger partial charge in [-0.2, -0.15) is 10.5 Å². The van der Waals surface area contributed by atoms with Crippen molar-refractivity contribution >= 4 is 33.0 Å². The Morgan fingerprint density at radius 1 is 0.682 bits per heavy atom. The fraction of sp³-hybridized carbons (Fsp3) is 0.0541. The van der Waals surface area contributed by atoms with Crippen LogP contribution < -0.4 is 0 Å². The first-order valence-electron chi connectivity index (χ1n) is 13.4. The number of hydrogen-bond acceptors (Lipinski definition) is 4. The van der Waals surface area contributed by atoms with Crippen molar-refractivity contribution in [2.75, 3.05) is 12.9 Å². The third-order valence-electron chi connectivity index (χ3n) is 6.20. The fourth-order valence-corrected chi connectivity index (χ4v) is 4.14. The number of nitriles is 2. The van der Waals surface area contributed by atoms with Gasteiger partial charge in [0.05, 0.1) is 39.0 Å². The largest absolute Gasteiger partial charge is 0.285 e. The highest BCUT2D eigenvalue weighted by Gasteiger charge is 2.14. The van der Waals surface area contributed by atoms with Gasteiger partial charge < -0.3 is 0 Å². The van der Waals surface area contributed by atoms with Gasteiger partial charge in [0.25, 0.3) is 0 Å². The summed E-state index contributed by atoms with van der Waals surface area (Å²) in [6.07, 6.45) is 5.66. The Kier molecular flexibility index (Phi) is 10.9. The summed E-state index contributed by atoms with van der Waals surface area (Å²) < 4.78 is 0. The zero-order valence-electron chi connectivity index (χ0n) is 23.6. The molecule has 200 valence electrons. The number of rotatable bonds is 4. The normalized spacial score (nSPS) is 12.1. The van der Waals surface area contributed by atoms with E-state index in [4.69, 9.17) is 22.1 Å². The Morgan fingerprint density at radius 2 is 1.25 bits per heavy atom. The van der Waals surface area contributed by atoms with Crippen LogP contribution in [0.15, 0.2) is 112 Å². The van der Waals surface area contributed by atoms with Crippen molar-refractivity contribution in [3.63, 3.8) is 0 Å². The standard InChI is InChI=1S/C19H11BN2.C18H10BN3/c1-2-15-7-3-4-8-16(15)11-12-19(22-14-20)18-10-6-5-9-17(18)13-21;19-12-21-18(16-8-4-2-6-14(16)11-20)22-17-10-9-13-5-1-3-7-15(13)17/h1,3-10H,14H2;1-8H,12H2. The van der Waals surface area contributed by atoms with Gasteiger partial charge in [-0.1, -0.05) is 78.4 Å². The molecule has 4 radical (unpaired) electrons. The first kappa shape index (κ1) is 30.6. The molecule has 4 aromatic rings. The van der Waals surface area contributed by atoms with Crippen molar-refractivity contribution in [1.82, 2.24) is 0 Å². The molecule has 0 saturated heterocycles. The number of nitrogens with zero attached hydrogens (tertiary/aromatic N) is 5. The summed E-state index contributed by atoms with van der Waals surface area (Å²) in [6, 6.07) is 33.8.